The van der Waals surface area contributed by atoms with Gasteiger partial charge < -0.3 is 10.3 Å². The van der Waals surface area contributed by atoms with Crippen molar-refractivity contribution in [1.82, 2.24) is 14.5 Å². The minimum Gasteiger partial charge on any atom is -0.329 e. The fourth-order valence-electron chi connectivity index (χ4n) is 2.88. The zero-order valence-electron chi connectivity index (χ0n) is 13.1. The van der Waals surface area contributed by atoms with E-state index in [1.165, 1.54) is 11.1 Å². The number of nitrogens with two attached hydrogens (primary N) is 1. The third-order valence-electron chi connectivity index (χ3n) is 4.02. The molecule has 4 heteroatoms. The highest BCUT2D eigenvalue weighted by atomic mass is 15.2. The van der Waals surface area contributed by atoms with Crippen LogP contribution in [0.5, 0.6) is 0 Å². The molecule has 0 fully saturated rings. The van der Waals surface area contributed by atoms with Gasteiger partial charge in [-0.3, -0.25) is 4.90 Å². The van der Waals surface area contributed by atoms with E-state index in [1.807, 2.05) is 0 Å². The van der Waals surface area contributed by atoms with Gasteiger partial charge in [0.2, 0.25) is 0 Å². The third kappa shape index (κ3) is 2.72. The molecule has 1 unspecified atom stereocenters. The van der Waals surface area contributed by atoms with Crippen LogP contribution in [0.2, 0.25) is 0 Å². The van der Waals surface area contributed by atoms with Crippen molar-refractivity contribution in [2.75, 3.05) is 19.6 Å². The highest BCUT2D eigenvalue weighted by molar-refractivity contribution is 5.77. The fraction of sp³-hybridized carbons (Fsp3) is 0.562. The molecule has 0 aliphatic carbocycles. The molecule has 2 N–H and O–H groups in total. The molecule has 0 amide bonds. The van der Waals surface area contributed by atoms with E-state index in [2.05, 4.69) is 55.4 Å². The number of benzene rings is 1. The maximum atomic E-state index is 5.79. The maximum absolute atomic E-state index is 5.79. The Labute approximate surface area is 121 Å². The molecule has 0 bridgehead atoms. The molecule has 2 rings (SSSR count). The van der Waals surface area contributed by atoms with Gasteiger partial charge in [-0.1, -0.05) is 19.9 Å². The largest absolute Gasteiger partial charge is 0.329 e. The van der Waals surface area contributed by atoms with Crippen molar-refractivity contribution in [1.29, 1.82) is 0 Å². The molecular weight excluding hydrogens is 248 g/mol. The molecule has 0 aliphatic rings. The summed E-state index contributed by atoms with van der Waals surface area (Å²) in [5.74, 6) is 1.12. The zero-order chi connectivity index (χ0) is 14.7. The Bertz CT molecular complexity index is 569. The Morgan fingerprint density at radius 1 is 1.30 bits per heavy atom. The topological polar surface area (TPSA) is 47.1 Å². The van der Waals surface area contributed by atoms with Crippen molar-refractivity contribution in [2.24, 2.45) is 5.73 Å². The first-order valence-corrected chi connectivity index (χ1v) is 7.53. The van der Waals surface area contributed by atoms with E-state index in [1.54, 1.807) is 0 Å². The lowest BCUT2D eigenvalue weighted by atomic mass is 10.2. The number of aromatic nitrogens is 2. The Balaban J connectivity index is 2.53. The third-order valence-corrected chi connectivity index (χ3v) is 4.02. The smallest absolute Gasteiger partial charge is 0.127 e. The summed E-state index contributed by atoms with van der Waals surface area (Å²) < 4.78 is 2.28. The molecular formula is C16H26N4. The lowest BCUT2D eigenvalue weighted by molar-refractivity contribution is 0.222. The fourth-order valence-corrected chi connectivity index (χ4v) is 2.88. The molecule has 0 saturated heterocycles. The van der Waals surface area contributed by atoms with Gasteiger partial charge in [0.05, 0.1) is 17.1 Å². The van der Waals surface area contributed by atoms with Crippen molar-refractivity contribution in [3.63, 3.8) is 0 Å². The molecule has 2 aromatic rings. The van der Waals surface area contributed by atoms with Crippen LogP contribution in [0.15, 0.2) is 18.2 Å². The first-order chi connectivity index (χ1) is 9.62. The summed E-state index contributed by atoms with van der Waals surface area (Å²) in [6, 6.07) is 6.76. The summed E-state index contributed by atoms with van der Waals surface area (Å²) in [7, 11) is 0. The second-order valence-corrected chi connectivity index (χ2v) is 5.30. The maximum Gasteiger partial charge on any atom is 0.127 e. The van der Waals surface area contributed by atoms with E-state index in [0.29, 0.717) is 12.6 Å². The van der Waals surface area contributed by atoms with E-state index in [4.69, 9.17) is 10.7 Å². The first kappa shape index (κ1) is 15.0. The number of nitrogens with zero attached hydrogens (tertiary/aromatic N) is 3. The monoisotopic (exact) mass is 274 g/mol. The molecule has 1 aromatic heterocycles. The van der Waals surface area contributed by atoms with Gasteiger partial charge in [-0.15, -0.1) is 0 Å². The molecule has 20 heavy (non-hydrogen) atoms. The van der Waals surface area contributed by atoms with Crippen molar-refractivity contribution in [2.45, 2.75) is 40.3 Å². The first-order valence-electron chi connectivity index (χ1n) is 7.53. The number of imidazole rings is 1. The summed E-state index contributed by atoms with van der Waals surface area (Å²) in [6.07, 6.45) is 0. The van der Waals surface area contributed by atoms with Gasteiger partial charge in [0, 0.05) is 13.1 Å². The van der Waals surface area contributed by atoms with Crippen LogP contribution in [0, 0.1) is 6.92 Å². The lowest BCUT2D eigenvalue weighted by Crippen LogP contribution is -2.29. The second kappa shape index (κ2) is 6.37. The van der Waals surface area contributed by atoms with Crippen molar-refractivity contribution in [3.05, 3.63) is 29.6 Å². The standard InChI is InChI=1S/C16H26N4/c1-5-19(6-2)13(4)16-18-14-11-12(3)7-8-15(14)20(16)10-9-17/h7-8,11,13H,5-6,9-10,17H2,1-4H3. The number of rotatable bonds is 6. The van der Waals surface area contributed by atoms with Crippen LogP contribution >= 0.6 is 0 Å². The second-order valence-electron chi connectivity index (χ2n) is 5.30. The Morgan fingerprint density at radius 2 is 2.00 bits per heavy atom. The molecule has 0 aliphatic heterocycles. The average molecular weight is 274 g/mol. The van der Waals surface area contributed by atoms with Gasteiger partial charge in [0.15, 0.2) is 0 Å². The van der Waals surface area contributed by atoms with Gasteiger partial charge >= 0.3 is 0 Å². The highest BCUT2D eigenvalue weighted by Crippen LogP contribution is 2.25. The molecule has 0 spiro atoms. The van der Waals surface area contributed by atoms with Gasteiger partial charge in [0.1, 0.15) is 5.82 Å². The van der Waals surface area contributed by atoms with Gasteiger partial charge in [-0.05, 0) is 44.6 Å². The number of hydrogen-bond acceptors (Lipinski definition) is 3. The van der Waals surface area contributed by atoms with Gasteiger partial charge in [0.25, 0.3) is 0 Å². The SMILES string of the molecule is CCN(CC)C(C)c1nc2cc(C)ccc2n1CCN. The quantitative estimate of drug-likeness (QED) is 0.881. The van der Waals surface area contributed by atoms with Crippen LogP contribution in [0.1, 0.15) is 38.2 Å². The van der Waals surface area contributed by atoms with Crippen LogP contribution < -0.4 is 5.73 Å². The molecule has 0 radical (unpaired) electrons. The summed E-state index contributed by atoms with van der Waals surface area (Å²) in [4.78, 5) is 7.29. The Hall–Kier alpha value is -1.39. The van der Waals surface area contributed by atoms with E-state index >= 15 is 0 Å². The minimum atomic E-state index is 0.309. The molecule has 1 atom stereocenters. The lowest BCUT2D eigenvalue weighted by Gasteiger charge is -2.26. The van der Waals surface area contributed by atoms with Crippen molar-refractivity contribution >= 4 is 11.0 Å². The summed E-state index contributed by atoms with van der Waals surface area (Å²) in [5.41, 5.74) is 9.30. The Kier molecular flexibility index (Phi) is 4.78. The average Bonchev–Trinajstić information content (AvgIpc) is 2.78. The Morgan fingerprint density at radius 3 is 2.60 bits per heavy atom. The van der Waals surface area contributed by atoms with Crippen LogP contribution in [-0.4, -0.2) is 34.1 Å². The normalized spacial score (nSPS) is 13.3. The zero-order valence-corrected chi connectivity index (χ0v) is 13.1. The molecule has 1 aromatic carbocycles. The predicted molar refractivity (Wildman–Crippen MR) is 84.9 cm³/mol. The van der Waals surface area contributed by atoms with Crippen molar-refractivity contribution < 1.29 is 0 Å². The van der Waals surface area contributed by atoms with E-state index < -0.39 is 0 Å². The van der Waals surface area contributed by atoms with E-state index in [9.17, 15) is 0 Å². The van der Waals surface area contributed by atoms with Crippen molar-refractivity contribution in [3.8, 4) is 0 Å². The van der Waals surface area contributed by atoms with Crippen LogP contribution in [0.3, 0.4) is 0 Å². The number of aryl methyl sites for hydroxylation is 1. The highest BCUT2D eigenvalue weighted by Gasteiger charge is 2.20. The molecule has 110 valence electrons. The number of hydrogen-bond donors (Lipinski definition) is 1. The van der Waals surface area contributed by atoms with Gasteiger partial charge in [-0.25, -0.2) is 4.98 Å². The van der Waals surface area contributed by atoms with Gasteiger partial charge in [-0.2, -0.15) is 0 Å². The number of fused-ring (bicyclic) bond motifs is 1. The minimum absolute atomic E-state index is 0.309. The summed E-state index contributed by atoms with van der Waals surface area (Å²) in [5, 5.41) is 0. The van der Waals surface area contributed by atoms with Crippen LogP contribution in [-0.2, 0) is 6.54 Å². The molecule has 0 saturated carbocycles. The van der Waals surface area contributed by atoms with Crippen LogP contribution in [0.25, 0.3) is 11.0 Å². The summed E-state index contributed by atoms with van der Waals surface area (Å²) >= 11 is 0. The van der Waals surface area contributed by atoms with E-state index in [0.717, 1.165) is 31.0 Å². The predicted octanol–water partition coefficient (Wildman–Crippen LogP) is 2.71. The molecule has 1 heterocycles. The van der Waals surface area contributed by atoms with E-state index in [-0.39, 0.29) is 0 Å². The molecule has 4 nitrogen and oxygen atoms in total. The van der Waals surface area contributed by atoms with Crippen LogP contribution in [0.4, 0.5) is 0 Å². The summed E-state index contributed by atoms with van der Waals surface area (Å²) in [6.45, 7) is 12.2.